The van der Waals surface area contributed by atoms with Crippen molar-refractivity contribution in [1.82, 2.24) is 4.90 Å². The molecule has 0 radical (unpaired) electrons. The van der Waals surface area contributed by atoms with Crippen molar-refractivity contribution < 1.29 is 23.5 Å². The number of hydrogen-bond donors (Lipinski definition) is 0. The normalized spacial score (nSPS) is 17.2. The molecule has 1 saturated heterocycles. The van der Waals surface area contributed by atoms with E-state index >= 15 is 0 Å². The molecule has 3 rings (SSSR count). The molecule has 1 amide bonds. The molecular weight excluding hydrogens is 377 g/mol. The summed E-state index contributed by atoms with van der Waals surface area (Å²) in [5.74, 6) is -1.25. The van der Waals surface area contributed by atoms with Crippen molar-refractivity contribution in [2.24, 2.45) is 0 Å². The fourth-order valence-corrected chi connectivity index (χ4v) is 3.87. The molecule has 0 N–H and O–H groups in total. The number of thioether (sulfide) groups is 1. The Hall–Kier alpha value is -2.45. The number of furan rings is 1. The summed E-state index contributed by atoms with van der Waals surface area (Å²) >= 11 is 6.15. The van der Waals surface area contributed by atoms with Crippen LogP contribution in [0.3, 0.4) is 0 Å². The number of hydrogen-bond acceptors (Lipinski definition) is 6. The van der Waals surface area contributed by atoms with Gasteiger partial charge in [-0.25, -0.2) is 4.39 Å². The second-order valence-electron chi connectivity index (χ2n) is 5.50. The maximum atomic E-state index is 13.0. The lowest BCUT2D eigenvalue weighted by atomic mass is 10.2. The first-order valence-electron chi connectivity index (χ1n) is 7.74. The molecule has 1 aliphatic heterocycles. The summed E-state index contributed by atoms with van der Waals surface area (Å²) in [7, 11) is 0. The van der Waals surface area contributed by atoms with Gasteiger partial charge in [0.15, 0.2) is 0 Å². The summed E-state index contributed by atoms with van der Waals surface area (Å²) in [5, 5.41) is 11.2. The molecule has 0 spiro atoms. The van der Waals surface area contributed by atoms with E-state index in [0.29, 0.717) is 17.1 Å². The van der Waals surface area contributed by atoms with Gasteiger partial charge >= 0.3 is 0 Å². The predicted octanol–water partition coefficient (Wildman–Crippen LogP) is 2.82. The van der Waals surface area contributed by atoms with Gasteiger partial charge in [-0.05, 0) is 42.8 Å². The standard InChI is InChI=1S/C18H14FNO4S2/c1-2-13(17(22)23)20-16(21)15(26-18(20)25)9-12-7-8-14(24-12)10-3-5-11(19)6-4-10/h3-9,13H,2H2,1H3,(H,22,23)/p-1/b15-9+/t13-/m1/s1. The number of carbonyl (C=O) groups excluding carboxylic acids is 2. The number of amides is 1. The summed E-state index contributed by atoms with van der Waals surface area (Å²) in [5.41, 5.74) is 0.696. The van der Waals surface area contributed by atoms with Crippen LogP contribution in [0.25, 0.3) is 17.4 Å². The van der Waals surface area contributed by atoms with Crippen LogP contribution in [0.4, 0.5) is 4.39 Å². The quantitative estimate of drug-likeness (QED) is 0.577. The van der Waals surface area contributed by atoms with Crippen LogP contribution >= 0.6 is 24.0 Å². The Balaban J connectivity index is 1.85. The lowest BCUT2D eigenvalue weighted by Gasteiger charge is -2.26. The van der Waals surface area contributed by atoms with E-state index in [9.17, 15) is 19.1 Å². The maximum absolute atomic E-state index is 13.0. The molecule has 0 aliphatic carbocycles. The van der Waals surface area contributed by atoms with Crippen LogP contribution in [0.2, 0.25) is 0 Å². The summed E-state index contributed by atoms with van der Waals surface area (Å²) < 4.78 is 18.8. The van der Waals surface area contributed by atoms with Gasteiger partial charge in [0.25, 0.3) is 5.91 Å². The third kappa shape index (κ3) is 3.56. The number of carboxylic acids is 1. The van der Waals surface area contributed by atoms with E-state index in [1.807, 2.05) is 0 Å². The van der Waals surface area contributed by atoms with Crippen molar-refractivity contribution in [3.63, 3.8) is 0 Å². The van der Waals surface area contributed by atoms with Crippen LogP contribution in [0.1, 0.15) is 19.1 Å². The van der Waals surface area contributed by atoms with Crippen LogP contribution in [-0.4, -0.2) is 27.1 Å². The van der Waals surface area contributed by atoms with Gasteiger partial charge in [-0.1, -0.05) is 30.9 Å². The van der Waals surface area contributed by atoms with Crippen molar-refractivity contribution in [2.45, 2.75) is 19.4 Å². The molecule has 5 nitrogen and oxygen atoms in total. The maximum Gasteiger partial charge on any atom is 0.266 e. The summed E-state index contributed by atoms with van der Waals surface area (Å²) in [6, 6.07) is 8.10. The summed E-state index contributed by atoms with van der Waals surface area (Å²) in [6.07, 6.45) is 1.70. The van der Waals surface area contributed by atoms with Gasteiger partial charge in [0.1, 0.15) is 21.7 Å². The average molecular weight is 390 g/mol. The van der Waals surface area contributed by atoms with Crippen LogP contribution < -0.4 is 5.11 Å². The van der Waals surface area contributed by atoms with Crippen LogP contribution in [0.15, 0.2) is 45.7 Å². The molecule has 1 aromatic heterocycles. The Bertz CT molecular complexity index is 904. The highest BCUT2D eigenvalue weighted by atomic mass is 32.2. The molecule has 2 heterocycles. The third-order valence-corrected chi connectivity index (χ3v) is 5.15. The molecule has 0 saturated carbocycles. The van der Waals surface area contributed by atoms with Gasteiger partial charge in [0.2, 0.25) is 0 Å². The Morgan fingerprint density at radius 1 is 1.35 bits per heavy atom. The zero-order valence-electron chi connectivity index (χ0n) is 13.6. The Kier molecular flexibility index (Phi) is 5.24. The smallest absolute Gasteiger partial charge is 0.266 e. The van der Waals surface area contributed by atoms with Crippen molar-refractivity contribution in [3.05, 3.63) is 52.9 Å². The predicted molar refractivity (Wildman–Crippen MR) is 98.2 cm³/mol. The largest absolute Gasteiger partial charge is 0.548 e. The first-order valence-corrected chi connectivity index (χ1v) is 8.97. The van der Waals surface area contributed by atoms with Gasteiger partial charge < -0.3 is 14.3 Å². The van der Waals surface area contributed by atoms with Crippen molar-refractivity contribution in [3.8, 4) is 11.3 Å². The van der Waals surface area contributed by atoms with Crippen LogP contribution in [-0.2, 0) is 9.59 Å². The van der Waals surface area contributed by atoms with Crippen molar-refractivity contribution in [2.75, 3.05) is 0 Å². The van der Waals surface area contributed by atoms with E-state index in [1.165, 1.54) is 18.2 Å². The molecule has 8 heteroatoms. The number of carboxylic acid groups (broad SMARTS) is 1. The lowest BCUT2D eigenvalue weighted by Crippen LogP contribution is -2.49. The van der Waals surface area contributed by atoms with Crippen LogP contribution in [0, 0.1) is 5.82 Å². The van der Waals surface area contributed by atoms with Gasteiger partial charge in [-0.2, -0.15) is 0 Å². The molecule has 1 fully saturated rings. The Labute approximate surface area is 158 Å². The molecule has 0 bridgehead atoms. The number of carbonyl (C=O) groups is 2. The van der Waals surface area contributed by atoms with E-state index in [1.54, 1.807) is 31.2 Å². The Morgan fingerprint density at radius 2 is 2.04 bits per heavy atom. The Morgan fingerprint density at radius 3 is 2.65 bits per heavy atom. The van der Waals surface area contributed by atoms with Gasteiger partial charge in [-0.15, -0.1) is 0 Å². The molecule has 2 aromatic rings. The highest BCUT2D eigenvalue weighted by molar-refractivity contribution is 8.26. The fourth-order valence-electron chi connectivity index (χ4n) is 2.53. The number of halogens is 1. The van der Waals surface area contributed by atoms with Gasteiger partial charge in [-0.3, -0.25) is 9.69 Å². The second-order valence-corrected chi connectivity index (χ2v) is 7.18. The second kappa shape index (κ2) is 7.43. The lowest BCUT2D eigenvalue weighted by molar-refractivity contribution is -0.310. The molecule has 1 aliphatic rings. The number of rotatable bonds is 5. The van der Waals surface area contributed by atoms with E-state index in [4.69, 9.17) is 16.6 Å². The third-order valence-electron chi connectivity index (χ3n) is 3.82. The minimum atomic E-state index is -1.35. The van der Waals surface area contributed by atoms with E-state index in [2.05, 4.69) is 0 Å². The first kappa shape index (κ1) is 18.3. The molecule has 134 valence electrons. The SMILES string of the molecule is CC[C@H](C(=O)[O-])N1C(=O)/C(=C\c2ccc(-c3ccc(F)cc3)o2)SC1=S. The first-order chi connectivity index (χ1) is 12.4. The average Bonchev–Trinajstić information content (AvgIpc) is 3.16. The minimum absolute atomic E-state index is 0.169. The fraction of sp³-hybridized carbons (Fsp3) is 0.167. The zero-order chi connectivity index (χ0) is 18.8. The number of benzene rings is 1. The highest BCUT2D eigenvalue weighted by Crippen LogP contribution is 2.35. The molecule has 26 heavy (non-hydrogen) atoms. The monoisotopic (exact) mass is 390 g/mol. The number of thiocarbonyl (C=S) groups is 1. The molecule has 0 unspecified atom stereocenters. The number of aliphatic carboxylic acids is 1. The summed E-state index contributed by atoms with van der Waals surface area (Å²) in [4.78, 5) is 25.1. The minimum Gasteiger partial charge on any atom is -0.548 e. The number of nitrogens with zero attached hydrogens (tertiary/aromatic N) is 1. The molecular formula is C18H13FNO4S2-. The van der Waals surface area contributed by atoms with Crippen LogP contribution in [0.5, 0.6) is 0 Å². The van der Waals surface area contributed by atoms with E-state index < -0.39 is 17.9 Å². The van der Waals surface area contributed by atoms with Gasteiger partial charge in [0.05, 0.1) is 16.9 Å². The highest BCUT2D eigenvalue weighted by Gasteiger charge is 2.37. The van der Waals surface area contributed by atoms with Crippen molar-refractivity contribution >= 4 is 46.3 Å². The zero-order valence-corrected chi connectivity index (χ0v) is 15.2. The molecule has 1 aromatic carbocycles. The molecule has 1 atom stereocenters. The van der Waals surface area contributed by atoms with E-state index in [0.717, 1.165) is 16.7 Å². The van der Waals surface area contributed by atoms with Crippen molar-refractivity contribution in [1.29, 1.82) is 0 Å². The topological polar surface area (TPSA) is 73.6 Å². The summed E-state index contributed by atoms with van der Waals surface area (Å²) in [6.45, 7) is 1.64. The van der Waals surface area contributed by atoms with Gasteiger partial charge in [0, 0.05) is 11.6 Å². The van der Waals surface area contributed by atoms with E-state index in [-0.39, 0.29) is 21.5 Å².